The first kappa shape index (κ1) is 20.0. The van der Waals surface area contributed by atoms with Crippen LogP contribution in [-0.4, -0.2) is 35.7 Å². The van der Waals surface area contributed by atoms with Gasteiger partial charge in [-0.1, -0.05) is 26.7 Å². The average Bonchev–Trinajstić information content (AvgIpc) is 3.00. The van der Waals surface area contributed by atoms with Gasteiger partial charge in [0.2, 0.25) is 0 Å². The van der Waals surface area contributed by atoms with Crippen LogP contribution in [0.3, 0.4) is 0 Å². The fourth-order valence-corrected chi connectivity index (χ4v) is 2.57. The van der Waals surface area contributed by atoms with Crippen molar-refractivity contribution in [2.45, 2.75) is 58.6 Å². The summed E-state index contributed by atoms with van der Waals surface area (Å²) in [6, 6.07) is 3.21. The number of carbonyl (C=O) groups is 1. The maximum atomic E-state index is 11.0. The first-order chi connectivity index (χ1) is 11.4. The van der Waals surface area contributed by atoms with Gasteiger partial charge in [-0.3, -0.25) is 4.79 Å². The van der Waals surface area contributed by atoms with E-state index in [0.29, 0.717) is 24.8 Å². The van der Waals surface area contributed by atoms with Gasteiger partial charge in [0, 0.05) is 13.1 Å². The summed E-state index contributed by atoms with van der Waals surface area (Å²) in [5.74, 6) is 0.677. The van der Waals surface area contributed by atoms with Crippen LogP contribution in [0.4, 0.5) is 0 Å². The standard InChI is InChI=1S/C17H30N4O3/c1-4-9-17(23,10-5-2)12-21-16(19-6-3)20-11-13-7-8-14(24-13)15(18)22/h7-8,23H,4-6,9-12H2,1-3H3,(H2,18,22)(H2,19,20,21). The normalized spacial score (nSPS) is 12.2. The molecule has 1 amide bonds. The van der Waals surface area contributed by atoms with Crippen molar-refractivity contribution in [3.05, 3.63) is 23.7 Å². The molecule has 1 heterocycles. The fraction of sp³-hybridized carbons (Fsp3) is 0.647. The van der Waals surface area contributed by atoms with Crippen molar-refractivity contribution in [3.8, 4) is 0 Å². The summed E-state index contributed by atoms with van der Waals surface area (Å²) >= 11 is 0. The Balaban J connectivity index is 2.68. The van der Waals surface area contributed by atoms with E-state index in [-0.39, 0.29) is 12.3 Å². The fourth-order valence-electron chi connectivity index (χ4n) is 2.57. The third kappa shape index (κ3) is 6.62. The van der Waals surface area contributed by atoms with E-state index in [0.717, 1.165) is 25.7 Å². The molecule has 1 aromatic heterocycles. The molecule has 1 aromatic rings. The molecule has 0 aromatic carbocycles. The maximum absolute atomic E-state index is 11.0. The summed E-state index contributed by atoms with van der Waals surface area (Å²) < 4.78 is 5.31. The first-order valence-electron chi connectivity index (χ1n) is 8.57. The van der Waals surface area contributed by atoms with E-state index < -0.39 is 11.5 Å². The number of furan rings is 1. The molecule has 0 bridgehead atoms. The SMILES string of the molecule is CCCC(O)(CCC)CNC(=NCc1ccc(C(N)=O)o1)NCC. The molecule has 7 heteroatoms. The highest BCUT2D eigenvalue weighted by Gasteiger charge is 2.24. The summed E-state index contributed by atoms with van der Waals surface area (Å²) in [5.41, 5.74) is 4.43. The van der Waals surface area contributed by atoms with E-state index in [1.165, 1.54) is 6.07 Å². The van der Waals surface area contributed by atoms with Crippen molar-refractivity contribution in [1.82, 2.24) is 10.6 Å². The Labute approximate surface area is 143 Å². The number of nitrogens with one attached hydrogen (secondary N) is 2. The lowest BCUT2D eigenvalue weighted by Gasteiger charge is -2.28. The molecule has 0 spiro atoms. The van der Waals surface area contributed by atoms with Crippen LogP contribution in [0.15, 0.2) is 21.5 Å². The van der Waals surface area contributed by atoms with Crippen LogP contribution in [0.1, 0.15) is 62.8 Å². The smallest absolute Gasteiger partial charge is 0.284 e. The Bertz CT molecular complexity index is 534. The van der Waals surface area contributed by atoms with Crippen LogP contribution in [0.25, 0.3) is 0 Å². The minimum absolute atomic E-state index is 0.124. The highest BCUT2D eigenvalue weighted by atomic mass is 16.3. The summed E-state index contributed by atoms with van der Waals surface area (Å²) in [4.78, 5) is 15.4. The number of amides is 1. The van der Waals surface area contributed by atoms with Gasteiger partial charge in [0.15, 0.2) is 11.7 Å². The summed E-state index contributed by atoms with van der Waals surface area (Å²) in [7, 11) is 0. The molecule has 0 saturated carbocycles. The highest BCUT2D eigenvalue weighted by molar-refractivity contribution is 5.89. The maximum Gasteiger partial charge on any atom is 0.284 e. The predicted octanol–water partition coefficient (Wildman–Crippen LogP) is 1.76. The van der Waals surface area contributed by atoms with Gasteiger partial charge in [-0.15, -0.1) is 0 Å². The van der Waals surface area contributed by atoms with Gasteiger partial charge in [-0.2, -0.15) is 0 Å². The molecule has 5 N–H and O–H groups in total. The number of hydrogen-bond acceptors (Lipinski definition) is 4. The van der Waals surface area contributed by atoms with E-state index in [2.05, 4.69) is 29.5 Å². The molecule has 0 aliphatic rings. The molecule has 0 aliphatic carbocycles. The van der Waals surface area contributed by atoms with Crippen LogP contribution in [0.2, 0.25) is 0 Å². The Morgan fingerprint density at radius 2 is 1.92 bits per heavy atom. The lowest BCUT2D eigenvalue weighted by Crippen LogP contribution is -2.47. The Morgan fingerprint density at radius 1 is 1.25 bits per heavy atom. The topological polar surface area (TPSA) is 113 Å². The van der Waals surface area contributed by atoms with Crippen molar-refractivity contribution >= 4 is 11.9 Å². The number of rotatable bonds is 10. The quantitative estimate of drug-likeness (QED) is 0.383. The van der Waals surface area contributed by atoms with Crippen molar-refractivity contribution in [3.63, 3.8) is 0 Å². The minimum atomic E-state index is -0.733. The van der Waals surface area contributed by atoms with Crippen molar-refractivity contribution in [2.75, 3.05) is 13.1 Å². The second-order valence-corrected chi connectivity index (χ2v) is 5.90. The van der Waals surface area contributed by atoms with Gasteiger partial charge in [0.05, 0.1) is 5.60 Å². The van der Waals surface area contributed by atoms with Crippen molar-refractivity contribution in [1.29, 1.82) is 0 Å². The van der Waals surface area contributed by atoms with E-state index in [9.17, 15) is 9.90 Å². The van der Waals surface area contributed by atoms with Gasteiger partial charge in [-0.25, -0.2) is 4.99 Å². The summed E-state index contributed by atoms with van der Waals surface area (Å²) in [5, 5.41) is 17.0. The largest absolute Gasteiger partial charge is 0.454 e. The molecule has 0 saturated heterocycles. The third-order valence-electron chi connectivity index (χ3n) is 3.66. The Kier molecular flexibility index (Phi) is 8.32. The zero-order chi connectivity index (χ0) is 18.0. The number of aliphatic imine (C=N–C) groups is 1. The number of guanidine groups is 1. The minimum Gasteiger partial charge on any atom is -0.454 e. The second-order valence-electron chi connectivity index (χ2n) is 5.90. The van der Waals surface area contributed by atoms with E-state index in [4.69, 9.17) is 10.2 Å². The molecule has 0 aliphatic heterocycles. The van der Waals surface area contributed by atoms with E-state index >= 15 is 0 Å². The zero-order valence-electron chi connectivity index (χ0n) is 14.9. The molecular formula is C17H30N4O3. The lowest BCUT2D eigenvalue weighted by molar-refractivity contribution is 0.0257. The highest BCUT2D eigenvalue weighted by Crippen LogP contribution is 2.18. The molecule has 0 unspecified atom stereocenters. The van der Waals surface area contributed by atoms with Crippen LogP contribution < -0.4 is 16.4 Å². The number of nitrogens with two attached hydrogens (primary N) is 1. The van der Waals surface area contributed by atoms with Crippen molar-refractivity contribution in [2.24, 2.45) is 10.7 Å². The van der Waals surface area contributed by atoms with Crippen LogP contribution in [0.5, 0.6) is 0 Å². The number of primary amides is 1. The van der Waals surface area contributed by atoms with Crippen LogP contribution in [-0.2, 0) is 6.54 Å². The van der Waals surface area contributed by atoms with E-state index in [1.807, 2.05) is 6.92 Å². The molecule has 0 atom stereocenters. The van der Waals surface area contributed by atoms with E-state index in [1.54, 1.807) is 6.07 Å². The number of aliphatic hydroxyl groups is 1. The van der Waals surface area contributed by atoms with Crippen LogP contribution in [0, 0.1) is 0 Å². The molecule has 0 radical (unpaired) electrons. The molecule has 136 valence electrons. The van der Waals surface area contributed by atoms with Gasteiger partial charge < -0.3 is 25.9 Å². The third-order valence-corrected chi connectivity index (χ3v) is 3.66. The predicted molar refractivity (Wildman–Crippen MR) is 94.8 cm³/mol. The van der Waals surface area contributed by atoms with Gasteiger partial charge >= 0.3 is 0 Å². The Hall–Kier alpha value is -2.02. The molecule has 0 fully saturated rings. The first-order valence-corrected chi connectivity index (χ1v) is 8.57. The summed E-state index contributed by atoms with van der Waals surface area (Å²) in [6.07, 6.45) is 3.34. The monoisotopic (exact) mass is 338 g/mol. The van der Waals surface area contributed by atoms with Gasteiger partial charge in [-0.05, 0) is 31.9 Å². The number of hydrogen-bond donors (Lipinski definition) is 4. The van der Waals surface area contributed by atoms with Crippen molar-refractivity contribution < 1.29 is 14.3 Å². The second kappa shape index (κ2) is 9.97. The number of carbonyl (C=O) groups excluding carboxylic acids is 1. The molecule has 24 heavy (non-hydrogen) atoms. The molecular weight excluding hydrogens is 308 g/mol. The number of nitrogens with zero attached hydrogens (tertiary/aromatic N) is 1. The van der Waals surface area contributed by atoms with Gasteiger partial charge in [0.25, 0.3) is 5.91 Å². The molecule has 1 rings (SSSR count). The van der Waals surface area contributed by atoms with Gasteiger partial charge in [0.1, 0.15) is 12.3 Å². The Morgan fingerprint density at radius 3 is 2.42 bits per heavy atom. The molecule has 7 nitrogen and oxygen atoms in total. The summed E-state index contributed by atoms with van der Waals surface area (Å²) in [6.45, 7) is 7.52. The average molecular weight is 338 g/mol. The van der Waals surface area contributed by atoms with Crippen LogP contribution >= 0.6 is 0 Å². The zero-order valence-corrected chi connectivity index (χ0v) is 14.9. The lowest BCUT2D eigenvalue weighted by atomic mass is 9.93.